The van der Waals surface area contributed by atoms with Gasteiger partial charge in [0, 0.05) is 85.5 Å². The summed E-state index contributed by atoms with van der Waals surface area (Å²) in [5.41, 5.74) is 5.72. The summed E-state index contributed by atoms with van der Waals surface area (Å²) in [6, 6.07) is 37.7. The molecule has 0 amide bonds. The minimum Gasteiger partial charge on any atom is -0.393 e. The first-order valence-corrected chi connectivity index (χ1v) is 43.2. The molecule has 10 aromatic rings. The summed E-state index contributed by atoms with van der Waals surface area (Å²) in [4.78, 5) is 69.7. The van der Waals surface area contributed by atoms with E-state index in [-0.39, 0.29) is 73.1 Å². The molecule has 3 fully saturated rings. The lowest BCUT2D eigenvalue weighted by atomic mass is 10.0. The minimum atomic E-state index is -4.46. The van der Waals surface area contributed by atoms with Gasteiger partial charge in [-0.25, -0.2) is 45.3 Å². The number of carbonyl (C=O) groups excluding carboxylic acids is 3. The van der Waals surface area contributed by atoms with Crippen molar-refractivity contribution in [3.63, 3.8) is 0 Å². The Morgan fingerprint density at radius 2 is 0.965 bits per heavy atom. The standard InChI is InChI=1S/C29H30N4O5S2.C23H25ClN4O5S2.C23H23F3N4O5S3/c30-40(36,37)38-17-22-13-23(15-25(22)34)33-29-24(16-31-18-32-29)28(35)27-14-21(11-19-7-3-1-4-8-19)26(39-27)12-20-9-5-2-6-10-20;24-17-3-1-2-14(6-17)4-5-15-7-21(34-12-15)22(30)19-10-26-13-27-23(19)28-18-8-16(20(29)9-18)11-33-35(25,31)32;1-12-19(37-16-4-2-3-14(6-16)23(24,25)26)8-20(36-12)21(32)17-9-28-11-29-22(17)30-15-5-13(18(31)7-15)10-35-38(27,33)34/h1-10,14,16,18,22-23,25,34H,11-13,15,17H2,(H2,30,36,37)(H,31,32,33);1-3,6-7,10,12-13,16,18,20,29H,4-5,8-9,11H2,(H2,25,31,32)(H,26,27,28);2-4,6,8-9,11,13,15,18,31H,5,7,10H2,1H3,(H2,27,33,34)(H,28,29,30)/t22-,23-,25+;16-,18-,20+;13-,15-,18+/m111/s1. The number of nitrogens with zero attached hydrogens (tertiary/aromatic N) is 6. The zero-order valence-electron chi connectivity index (χ0n) is 60.1. The molecular formula is C75H78ClF3N12O15S7. The lowest BCUT2D eigenvalue weighted by Crippen LogP contribution is -2.24. The van der Waals surface area contributed by atoms with E-state index < -0.39 is 78.7 Å². The average Bonchev–Trinajstić information content (AvgIpc) is 1.65. The van der Waals surface area contributed by atoms with Crippen LogP contribution in [-0.4, -0.2) is 144 Å². The third-order valence-electron chi connectivity index (χ3n) is 18.7. The Bertz CT molecular complexity index is 5270. The third-order valence-corrected chi connectivity index (χ3v) is 24.8. The molecule has 3 aliphatic rings. The third kappa shape index (κ3) is 25.0. The van der Waals surface area contributed by atoms with Gasteiger partial charge >= 0.3 is 37.1 Å². The van der Waals surface area contributed by atoms with E-state index in [2.05, 4.69) is 82.7 Å². The second kappa shape index (κ2) is 38.3. The van der Waals surface area contributed by atoms with Gasteiger partial charge in [0.05, 0.1) is 75.0 Å². The van der Waals surface area contributed by atoms with Crippen LogP contribution < -0.4 is 31.4 Å². The molecule has 6 aromatic heterocycles. The molecule has 0 aliphatic heterocycles. The van der Waals surface area contributed by atoms with E-state index >= 15 is 0 Å². The van der Waals surface area contributed by atoms with E-state index in [1.807, 2.05) is 78.2 Å². The van der Waals surface area contributed by atoms with Crippen LogP contribution in [0.2, 0.25) is 5.02 Å². The van der Waals surface area contributed by atoms with Gasteiger partial charge < -0.3 is 31.3 Å². The Kier molecular flexibility index (Phi) is 29.0. The summed E-state index contributed by atoms with van der Waals surface area (Å²) >= 11 is 11.2. The number of ketones is 3. The van der Waals surface area contributed by atoms with Gasteiger partial charge in [0.1, 0.15) is 36.4 Å². The number of hydrogen-bond acceptors (Lipinski definition) is 28. The number of carbonyl (C=O) groups is 3. The maximum Gasteiger partial charge on any atom is 0.416 e. The molecule has 0 saturated heterocycles. The van der Waals surface area contributed by atoms with Crippen molar-refractivity contribution in [1.82, 2.24) is 29.9 Å². The van der Waals surface area contributed by atoms with Crippen molar-refractivity contribution in [1.29, 1.82) is 0 Å². The molecule has 4 aromatic carbocycles. The fraction of sp³-hybridized carbons (Fsp3) is 0.320. The maximum atomic E-state index is 13.8. The highest BCUT2D eigenvalue weighted by Crippen LogP contribution is 2.41. The van der Waals surface area contributed by atoms with Crippen LogP contribution in [0.1, 0.15) is 127 Å². The smallest absolute Gasteiger partial charge is 0.393 e. The predicted molar refractivity (Wildman–Crippen MR) is 423 cm³/mol. The summed E-state index contributed by atoms with van der Waals surface area (Å²) < 4.78 is 120. The number of rotatable bonds is 30. The second-order valence-electron chi connectivity index (χ2n) is 27.1. The number of aryl methyl sites for hydroxylation is 3. The van der Waals surface area contributed by atoms with Crippen LogP contribution in [0.15, 0.2) is 180 Å². The van der Waals surface area contributed by atoms with E-state index in [9.17, 15) is 68.1 Å². The van der Waals surface area contributed by atoms with Crippen LogP contribution >= 0.6 is 57.4 Å². The molecule has 598 valence electrons. The van der Waals surface area contributed by atoms with E-state index in [1.165, 1.54) is 88.8 Å². The molecule has 3 saturated carbocycles. The molecule has 3 aliphatic carbocycles. The van der Waals surface area contributed by atoms with Crippen LogP contribution in [0.5, 0.6) is 0 Å². The Morgan fingerprint density at radius 3 is 1.42 bits per heavy atom. The molecule has 113 heavy (non-hydrogen) atoms. The number of halogens is 4. The SMILES string of the molecule is Cc1sc(C(=O)c2cncnc2N[C@@H]2C[C@H](COS(N)(=O)=O)[C@@H](O)C2)cc1Sc1cccc(C(F)(F)F)c1.NS(=O)(=O)OC[C@H]1C[C@@H](Nc2ncncc2C(=O)c2cc(CCc3cccc(Cl)c3)cs2)C[C@@H]1O.NS(=O)(=O)OC[C@H]1C[C@@H](Nc2ncncc2C(=O)c2cc(Cc3ccccc3)c(Cc3ccccc3)s2)C[C@@H]1O. The van der Waals surface area contributed by atoms with Crippen molar-refractivity contribution < 1.29 is 80.7 Å². The number of alkyl halides is 3. The van der Waals surface area contributed by atoms with Crippen molar-refractivity contribution >= 4 is 123 Å². The van der Waals surface area contributed by atoms with Gasteiger partial charge in [-0.05, 0) is 146 Å². The lowest BCUT2D eigenvalue weighted by Gasteiger charge is -2.15. The molecule has 0 spiro atoms. The molecular weight excluding hydrogens is 1630 g/mol. The van der Waals surface area contributed by atoms with Crippen molar-refractivity contribution in [2.45, 2.75) is 124 Å². The summed E-state index contributed by atoms with van der Waals surface area (Å²) in [5, 5.41) is 57.9. The van der Waals surface area contributed by atoms with Crippen LogP contribution in [0.25, 0.3) is 0 Å². The van der Waals surface area contributed by atoms with Gasteiger partial charge in [-0.1, -0.05) is 102 Å². The van der Waals surface area contributed by atoms with E-state index in [4.69, 9.17) is 27.0 Å². The monoisotopic (exact) mass is 1700 g/mol. The van der Waals surface area contributed by atoms with E-state index in [0.29, 0.717) is 90.7 Å². The fourth-order valence-corrected chi connectivity index (χ4v) is 18.7. The number of aromatic nitrogens is 6. The first-order chi connectivity index (χ1) is 53.7. The summed E-state index contributed by atoms with van der Waals surface area (Å²) in [7, 11) is -12.3. The van der Waals surface area contributed by atoms with Gasteiger partial charge in [-0.2, -0.15) is 38.4 Å². The van der Waals surface area contributed by atoms with Crippen molar-refractivity contribution in [2.24, 2.45) is 33.2 Å². The number of nitrogens with one attached hydrogen (secondary N) is 3. The fourth-order valence-electron chi connectivity index (χ4n) is 13.2. The summed E-state index contributed by atoms with van der Waals surface area (Å²) in [6.45, 7) is 1.09. The highest BCUT2D eigenvalue weighted by molar-refractivity contribution is 7.99. The summed E-state index contributed by atoms with van der Waals surface area (Å²) in [6.07, 6.45) is 6.65. The molecule has 6 heterocycles. The van der Waals surface area contributed by atoms with E-state index in [1.54, 1.807) is 19.1 Å². The van der Waals surface area contributed by atoms with Crippen molar-refractivity contribution in [2.75, 3.05) is 35.8 Å². The largest absolute Gasteiger partial charge is 0.416 e. The second-order valence-corrected chi connectivity index (χ2v) is 35.6. The number of thiophene rings is 3. The Labute approximate surface area is 671 Å². The molecule has 9 atom stereocenters. The zero-order valence-corrected chi connectivity index (χ0v) is 66.6. The Balaban J connectivity index is 0.000000168. The summed E-state index contributed by atoms with van der Waals surface area (Å²) in [5.74, 6) is -1.09. The zero-order chi connectivity index (χ0) is 80.8. The average molecular weight is 1700 g/mol. The Hall–Kier alpha value is -8.45. The molecule has 38 heteroatoms. The first-order valence-electron chi connectivity index (χ1n) is 35.1. The molecule has 0 unspecified atom stereocenters. The quantitative estimate of drug-likeness (QED) is 0.0189. The number of nitrogens with two attached hydrogens (primary N) is 3. The van der Waals surface area contributed by atoms with Gasteiger partial charge in [0.25, 0.3) is 0 Å². The van der Waals surface area contributed by atoms with Crippen LogP contribution in [-0.2, 0) is 75.3 Å². The predicted octanol–water partition coefficient (Wildman–Crippen LogP) is 10.7. The van der Waals surface area contributed by atoms with Gasteiger partial charge in [-0.3, -0.25) is 26.9 Å². The van der Waals surface area contributed by atoms with Gasteiger partial charge in [0.2, 0.25) is 17.3 Å². The minimum absolute atomic E-state index is 0.183. The first kappa shape index (κ1) is 85.4. The molecule has 0 radical (unpaired) electrons. The van der Waals surface area contributed by atoms with Crippen LogP contribution in [0.4, 0.5) is 30.6 Å². The van der Waals surface area contributed by atoms with Gasteiger partial charge in [0.15, 0.2) is 0 Å². The number of hydrogen-bond donors (Lipinski definition) is 9. The lowest BCUT2D eigenvalue weighted by molar-refractivity contribution is -0.137. The highest BCUT2D eigenvalue weighted by atomic mass is 35.5. The highest BCUT2D eigenvalue weighted by Gasteiger charge is 2.39. The number of anilines is 3. The number of aliphatic hydroxyl groups excluding tert-OH is 3. The van der Waals surface area contributed by atoms with Crippen molar-refractivity contribution in [3.8, 4) is 0 Å². The molecule has 0 bridgehead atoms. The molecule has 27 nitrogen and oxygen atoms in total. The van der Waals surface area contributed by atoms with E-state index in [0.717, 1.165) is 69.6 Å². The normalized spacial score (nSPS) is 19.7. The van der Waals surface area contributed by atoms with Crippen LogP contribution in [0, 0.1) is 24.7 Å². The van der Waals surface area contributed by atoms with Crippen molar-refractivity contribution in [3.05, 3.63) is 250 Å². The number of benzene rings is 4. The molecule has 13 rings (SSSR count). The van der Waals surface area contributed by atoms with Crippen LogP contribution in [0.3, 0.4) is 0 Å². The molecule has 12 N–H and O–H groups in total. The topological polar surface area (TPSA) is 433 Å². The Morgan fingerprint density at radius 1 is 0.531 bits per heavy atom. The van der Waals surface area contributed by atoms with Gasteiger partial charge in [-0.15, -0.1) is 34.0 Å². The number of aliphatic hydroxyl groups is 3. The maximum absolute atomic E-state index is 13.8.